The average Bonchev–Trinajstić information content (AvgIpc) is 2.24. The number of hydrogen-bond acceptors (Lipinski definition) is 7. The van der Waals surface area contributed by atoms with Gasteiger partial charge in [0.25, 0.3) is 0 Å². The zero-order valence-corrected chi connectivity index (χ0v) is 9.93. The maximum Gasteiger partial charge on any atom is 0.516 e. The van der Waals surface area contributed by atoms with E-state index in [1.165, 1.54) is 0 Å². The Morgan fingerprint density at radius 2 is 1.71 bits per heavy atom. The monoisotopic (exact) mass is 237 g/mol. The van der Waals surface area contributed by atoms with E-state index in [2.05, 4.69) is 23.8 Å². The fourth-order valence-corrected chi connectivity index (χ4v) is 1.55. The summed E-state index contributed by atoms with van der Waals surface area (Å²) in [5, 5.41) is 0. The molecule has 1 saturated heterocycles. The average molecular weight is 237 g/mol. The Bertz CT molecular complexity index is 430. The van der Waals surface area contributed by atoms with Crippen molar-refractivity contribution in [2.24, 2.45) is 5.41 Å². The Hall–Kier alpha value is -1.54. The Labute approximate surface area is 99.8 Å². The van der Waals surface area contributed by atoms with Gasteiger partial charge in [0.1, 0.15) is 5.59 Å². The molecule has 2 heterocycles. The van der Waals surface area contributed by atoms with Gasteiger partial charge in [-0.15, -0.1) is 0 Å². The van der Waals surface area contributed by atoms with Gasteiger partial charge in [-0.3, -0.25) is 0 Å². The zero-order valence-electron chi connectivity index (χ0n) is 9.93. The van der Waals surface area contributed by atoms with Gasteiger partial charge in [-0.1, -0.05) is 13.8 Å². The number of nitrogens with zero attached hydrogens (tertiary/aromatic N) is 2. The molecule has 0 saturated carbocycles. The molecule has 2 rings (SSSR count). The number of nitrogens with two attached hydrogens (primary N) is 3. The van der Waals surface area contributed by atoms with Crippen molar-refractivity contribution < 1.29 is 9.31 Å². The molecule has 0 atom stereocenters. The summed E-state index contributed by atoms with van der Waals surface area (Å²) in [6, 6.07) is 0. The van der Waals surface area contributed by atoms with Gasteiger partial charge in [-0.05, 0) is 0 Å². The molecule has 0 aliphatic carbocycles. The standard InChI is InChI=1S/C9H16BN5O2/c1-9(2)3-16-10(17-4-9)6-5(11)7(12)15-8(13)14-6/h3-4,11H2,1-2H3,(H4,12,13,14,15). The van der Waals surface area contributed by atoms with E-state index in [1.807, 2.05) is 0 Å². The minimum atomic E-state index is -0.629. The maximum absolute atomic E-state index is 5.78. The molecular weight excluding hydrogens is 221 g/mol. The largest absolute Gasteiger partial charge is 0.516 e. The number of nitrogen functional groups attached to an aromatic ring is 3. The van der Waals surface area contributed by atoms with Gasteiger partial charge in [0.05, 0.1) is 5.69 Å². The molecule has 1 aliphatic rings. The van der Waals surface area contributed by atoms with Gasteiger partial charge in [-0.25, -0.2) is 4.98 Å². The molecule has 0 spiro atoms. The Balaban J connectivity index is 2.24. The molecule has 1 aromatic rings. The minimum Gasteiger partial charge on any atom is -0.406 e. The van der Waals surface area contributed by atoms with Crippen LogP contribution in [0.15, 0.2) is 0 Å². The number of aromatic nitrogens is 2. The second-order valence-corrected chi connectivity index (χ2v) is 4.88. The Kier molecular flexibility index (Phi) is 2.84. The van der Waals surface area contributed by atoms with Gasteiger partial charge in [-0.2, -0.15) is 4.98 Å². The van der Waals surface area contributed by atoms with Crippen molar-refractivity contribution in [2.75, 3.05) is 30.4 Å². The lowest BCUT2D eigenvalue weighted by Gasteiger charge is -2.33. The molecule has 92 valence electrons. The van der Waals surface area contributed by atoms with Gasteiger partial charge < -0.3 is 26.5 Å². The van der Waals surface area contributed by atoms with Gasteiger partial charge in [0.2, 0.25) is 5.95 Å². The molecule has 0 radical (unpaired) electrons. The van der Waals surface area contributed by atoms with Crippen LogP contribution in [-0.4, -0.2) is 30.3 Å². The highest BCUT2D eigenvalue weighted by molar-refractivity contribution is 6.62. The highest BCUT2D eigenvalue weighted by atomic mass is 16.6. The third-order valence-corrected chi connectivity index (χ3v) is 2.50. The van der Waals surface area contributed by atoms with Crippen LogP contribution in [0.1, 0.15) is 13.8 Å². The molecule has 17 heavy (non-hydrogen) atoms. The summed E-state index contributed by atoms with van der Waals surface area (Å²) in [6.45, 7) is 5.21. The summed E-state index contributed by atoms with van der Waals surface area (Å²) in [5.41, 5.74) is 17.5. The first-order valence-corrected chi connectivity index (χ1v) is 5.30. The first-order valence-electron chi connectivity index (χ1n) is 5.30. The molecule has 7 nitrogen and oxygen atoms in total. The van der Waals surface area contributed by atoms with Crippen LogP contribution in [-0.2, 0) is 9.31 Å². The first-order chi connectivity index (χ1) is 7.89. The van der Waals surface area contributed by atoms with E-state index in [9.17, 15) is 0 Å². The van der Waals surface area contributed by atoms with Crippen LogP contribution in [0.3, 0.4) is 0 Å². The minimum absolute atomic E-state index is 0.0185. The second kappa shape index (κ2) is 4.04. The van der Waals surface area contributed by atoms with Crippen molar-refractivity contribution in [2.45, 2.75) is 13.8 Å². The Morgan fingerprint density at radius 1 is 1.12 bits per heavy atom. The predicted octanol–water partition coefficient (Wildman–Crippen LogP) is -1.01. The van der Waals surface area contributed by atoms with Crippen LogP contribution in [0.25, 0.3) is 0 Å². The molecule has 0 amide bonds. The summed E-state index contributed by atoms with van der Waals surface area (Å²) >= 11 is 0. The highest BCUT2D eigenvalue weighted by Crippen LogP contribution is 2.22. The summed E-state index contributed by atoms with van der Waals surface area (Å²) in [5.74, 6) is 0.202. The van der Waals surface area contributed by atoms with E-state index in [0.29, 0.717) is 18.8 Å². The third-order valence-electron chi connectivity index (χ3n) is 2.50. The van der Waals surface area contributed by atoms with Crippen molar-refractivity contribution in [3.05, 3.63) is 0 Å². The fourth-order valence-electron chi connectivity index (χ4n) is 1.55. The molecule has 6 N–H and O–H groups in total. The van der Waals surface area contributed by atoms with E-state index >= 15 is 0 Å². The van der Waals surface area contributed by atoms with E-state index in [0.717, 1.165) is 0 Å². The lowest BCUT2D eigenvalue weighted by molar-refractivity contribution is 0.0340. The van der Waals surface area contributed by atoms with E-state index in [1.54, 1.807) is 0 Å². The lowest BCUT2D eigenvalue weighted by atomic mass is 9.79. The second-order valence-electron chi connectivity index (χ2n) is 4.88. The molecule has 1 aliphatic heterocycles. The smallest absolute Gasteiger partial charge is 0.406 e. The quantitative estimate of drug-likeness (QED) is 0.535. The van der Waals surface area contributed by atoms with Crippen LogP contribution in [0.2, 0.25) is 0 Å². The van der Waals surface area contributed by atoms with Crippen LogP contribution < -0.4 is 22.8 Å². The van der Waals surface area contributed by atoms with Gasteiger partial charge in [0.15, 0.2) is 5.82 Å². The SMILES string of the molecule is CC1(C)COB(c2nc(N)nc(N)c2N)OC1. The van der Waals surface area contributed by atoms with Crippen molar-refractivity contribution in [3.8, 4) is 0 Å². The number of anilines is 3. The van der Waals surface area contributed by atoms with Crippen LogP contribution >= 0.6 is 0 Å². The van der Waals surface area contributed by atoms with E-state index in [-0.39, 0.29) is 22.9 Å². The van der Waals surface area contributed by atoms with Crippen molar-refractivity contribution >= 4 is 30.2 Å². The van der Waals surface area contributed by atoms with Crippen LogP contribution in [0, 0.1) is 5.41 Å². The third kappa shape index (κ3) is 2.42. The highest BCUT2D eigenvalue weighted by Gasteiger charge is 2.36. The lowest BCUT2D eigenvalue weighted by Crippen LogP contribution is -2.49. The van der Waals surface area contributed by atoms with Crippen LogP contribution in [0.5, 0.6) is 0 Å². The van der Waals surface area contributed by atoms with Crippen molar-refractivity contribution in [1.29, 1.82) is 0 Å². The number of rotatable bonds is 1. The normalized spacial score (nSPS) is 19.3. The molecule has 0 aromatic carbocycles. The summed E-state index contributed by atoms with van der Waals surface area (Å²) in [4.78, 5) is 7.78. The molecule has 0 bridgehead atoms. The summed E-state index contributed by atoms with van der Waals surface area (Å²) in [7, 11) is -0.629. The summed E-state index contributed by atoms with van der Waals surface area (Å²) in [6.07, 6.45) is 0. The molecule has 1 aromatic heterocycles. The predicted molar refractivity (Wildman–Crippen MR) is 66.3 cm³/mol. The van der Waals surface area contributed by atoms with E-state index < -0.39 is 7.12 Å². The Morgan fingerprint density at radius 3 is 2.29 bits per heavy atom. The van der Waals surface area contributed by atoms with Gasteiger partial charge >= 0.3 is 7.12 Å². The topological polar surface area (TPSA) is 122 Å². The molecule has 1 fully saturated rings. The van der Waals surface area contributed by atoms with Crippen molar-refractivity contribution in [1.82, 2.24) is 9.97 Å². The molecular formula is C9H16BN5O2. The maximum atomic E-state index is 5.78. The zero-order chi connectivity index (χ0) is 12.6. The number of hydrogen-bond donors (Lipinski definition) is 3. The van der Waals surface area contributed by atoms with Crippen LogP contribution in [0.4, 0.5) is 17.5 Å². The van der Waals surface area contributed by atoms with E-state index in [4.69, 9.17) is 26.5 Å². The van der Waals surface area contributed by atoms with Gasteiger partial charge in [0, 0.05) is 18.6 Å². The first kappa shape index (κ1) is 11.9. The van der Waals surface area contributed by atoms with Crippen molar-refractivity contribution in [3.63, 3.8) is 0 Å². The molecule has 8 heteroatoms. The summed E-state index contributed by atoms with van der Waals surface area (Å²) < 4.78 is 11.1. The fraction of sp³-hybridized carbons (Fsp3) is 0.556. The molecule has 0 unspecified atom stereocenters.